The van der Waals surface area contributed by atoms with Crippen molar-refractivity contribution in [2.45, 2.75) is 40.5 Å². The van der Waals surface area contributed by atoms with Gasteiger partial charge in [0, 0.05) is 12.6 Å². The maximum Gasteiger partial charge on any atom is 0.244 e. The quantitative estimate of drug-likeness (QED) is 0.861. The minimum atomic E-state index is -0.193. The third kappa shape index (κ3) is 4.47. The molecule has 0 unspecified atom stereocenters. The minimum absolute atomic E-state index is 0.00519. The molecule has 4 nitrogen and oxygen atoms in total. The molecule has 2 rings (SSSR count). The first-order chi connectivity index (χ1) is 12.0. The number of carbonyl (C=O) groups excluding carboxylic acids is 2. The summed E-state index contributed by atoms with van der Waals surface area (Å²) in [5.74, 6) is -0.329. The van der Waals surface area contributed by atoms with Gasteiger partial charge in [-0.2, -0.15) is 0 Å². The molecule has 0 fully saturated rings. The van der Waals surface area contributed by atoms with Gasteiger partial charge in [0.15, 0.2) is 0 Å². The number of para-hydroxylation sites is 2. The van der Waals surface area contributed by atoms with Crippen LogP contribution in [0.4, 0.5) is 11.4 Å². The summed E-state index contributed by atoms with van der Waals surface area (Å²) in [6, 6.07) is 13.7. The van der Waals surface area contributed by atoms with E-state index in [-0.39, 0.29) is 18.4 Å². The zero-order valence-corrected chi connectivity index (χ0v) is 15.4. The van der Waals surface area contributed by atoms with Crippen LogP contribution >= 0.6 is 0 Å². The molecule has 2 amide bonds. The van der Waals surface area contributed by atoms with Crippen LogP contribution in [0.3, 0.4) is 0 Å². The lowest BCUT2D eigenvalue weighted by Crippen LogP contribution is -2.37. The van der Waals surface area contributed by atoms with Crippen molar-refractivity contribution >= 4 is 23.2 Å². The molecule has 0 aliphatic rings. The van der Waals surface area contributed by atoms with E-state index in [9.17, 15) is 9.59 Å². The molecule has 1 N–H and O–H groups in total. The first kappa shape index (κ1) is 18.7. The van der Waals surface area contributed by atoms with Crippen LogP contribution in [-0.4, -0.2) is 18.4 Å². The number of aryl methyl sites for hydroxylation is 3. The number of nitrogens with zero attached hydrogens (tertiary/aromatic N) is 1. The summed E-state index contributed by atoms with van der Waals surface area (Å²) in [5, 5.41) is 2.94. The molecule has 0 saturated carbocycles. The standard InChI is InChI=1S/C21H26N2O2/c1-5-17-11-7-8-13-19(17)22-20(25)14-23(16(4)24)21-15(3)10-9-12-18(21)6-2/h7-13H,5-6,14H2,1-4H3,(H,22,25). The van der Waals surface area contributed by atoms with Crippen molar-refractivity contribution in [3.63, 3.8) is 0 Å². The molecule has 2 aromatic carbocycles. The Kier molecular flexibility index (Phi) is 6.34. The van der Waals surface area contributed by atoms with Gasteiger partial charge in [-0.25, -0.2) is 0 Å². The fourth-order valence-electron chi connectivity index (χ4n) is 3.02. The highest BCUT2D eigenvalue weighted by Crippen LogP contribution is 2.26. The second kappa shape index (κ2) is 8.47. The van der Waals surface area contributed by atoms with Crippen LogP contribution in [0.2, 0.25) is 0 Å². The summed E-state index contributed by atoms with van der Waals surface area (Å²) in [7, 11) is 0. The molecule has 2 aromatic rings. The Hall–Kier alpha value is -2.62. The van der Waals surface area contributed by atoms with Gasteiger partial charge in [0.2, 0.25) is 11.8 Å². The maximum absolute atomic E-state index is 12.6. The first-order valence-electron chi connectivity index (χ1n) is 8.72. The zero-order valence-electron chi connectivity index (χ0n) is 15.4. The van der Waals surface area contributed by atoms with Crippen LogP contribution in [0, 0.1) is 6.92 Å². The summed E-state index contributed by atoms with van der Waals surface area (Å²) in [5.41, 5.74) is 4.79. The summed E-state index contributed by atoms with van der Waals surface area (Å²) in [6.07, 6.45) is 1.64. The van der Waals surface area contributed by atoms with Crippen molar-refractivity contribution < 1.29 is 9.59 Å². The zero-order chi connectivity index (χ0) is 18.4. The predicted molar refractivity (Wildman–Crippen MR) is 103 cm³/mol. The number of carbonyl (C=O) groups is 2. The largest absolute Gasteiger partial charge is 0.324 e. The second-order valence-electron chi connectivity index (χ2n) is 6.10. The van der Waals surface area contributed by atoms with E-state index in [1.165, 1.54) is 6.92 Å². The minimum Gasteiger partial charge on any atom is -0.324 e. The van der Waals surface area contributed by atoms with E-state index in [1.807, 2.05) is 63.2 Å². The summed E-state index contributed by atoms with van der Waals surface area (Å²) >= 11 is 0. The molecule has 4 heteroatoms. The third-order valence-corrected chi connectivity index (χ3v) is 4.33. The number of benzene rings is 2. The van der Waals surface area contributed by atoms with Gasteiger partial charge in [-0.05, 0) is 42.5 Å². The Morgan fingerprint density at radius 2 is 1.60 bits per heavy atom. The summed E-state index contributed by atoms with van der Waals surface area (Å²) in [4.78, 5) is 26.4. The summed E-state index contributed by atoms with van der Waals surface area (Å²) < 4.78 is 0. The molecule has 0 saturated heterocycles. The molecular formula is C21H26N2O2. The lowest BCUT2D eigenvalue weighted by Gasteiger charge is -2.25. The summed E-state index contributed by atoms with van der Waals surface area (Å²) in [6.45, 7) is 7.57. The molecular weight excluding hydrogens is 312 g/mol. The number of nitrogens with one attached hydrogen (secondary N) is 1. The van der Waals surface area contributed by atoms with E-state index in [0.717, 1.165) is 40.9 Å². The van der Waals surface area contributed by atoms with Crippen LogP contribution < -0.4 is 10.2 Å². The Labute approximate surface area is 149 Å². The molecule has 0 heterocycles. The van der Waals surface area contributed by atoms with Crippen molar-refractivity contribution in [3.05, 3.63) is 59.2 Å². The highest BCUT2D eigenvalue weighted by molar-refractivity contribution is 6.02. The average Bonchev–Trinajstić information content (AvgIpc) is 2.60. The molecule has 0 aliphatic heterocycles. The van der Waals surface area contributed by atoms with E-state index in [0.29, 0.717) is 0 Å². The number of anilines is 2. The average molecular weight is 338 g/mol. The highest BCUT2D eigenvalue weighted by atomic mass is 16.2. The first-order valence-corrected chi connectivity index (χ1v) is 8.72. The van der Waals surface area contributed by atoms with Crippen molar-refractivity contribution in [1.82, 2.24) is 0 Å². The normalized spacial score (nSPS) is 10.4. The molecule has 0 spiro atoms. The molecule has 25 heavy (non-hydrogen) atoms. The predicted octanol–water partition coefficient (Wildman–Crippen LogP) is 4.11. The van der Waals surface area contributed by atoms with Crippen molar-refractivity contribution in [2.75, 3.05) is 16.8 Å². The fraction of sp³-hybridized carbons (Fsp3) is 0.333. The molecule has 0 aliphatic carbocycles. The number of hydrogen-bond donors (Lipinski definition) is 1. The van der Waals surface area contributed by atoms with Crippen molar-refractivity contribution in [3.8, 4) is 0 Å². The van der Waals surface area contributed by atoms with Gasteiger partial charge in [0.1, 0.15) is 6.54 Å². The topological polar surface area (TPSA) is 49.4 Å². The SMILES string of the molecule is CCc1ccccc1NC(=O)CN(C(C)=O)c1c(C)cccc1CC. The molecule has 0 bridgehead atoms. The Morgan fingerprint density at radius 1 is 0.960 bits per heavy atom. The molecule has 0 aromatic heterocycles. The van der Waals surface area contributed by atoms with Gasteiger partial charge in [0.05, 0.1) is 5.69 Å². The third-order valence-electron chi connectivity index (χ3n) is 4.33. The van der Waals surface area contributed by atoms with Crippen LogP contribution in [0.1, 0.15) is 37.5 Å². The van der Waals surface area contributed by atoms with Crippen LogP contribution in [0.15, 0.2) is 42.5 Å². The van der Waals surface area contributed by atoms with Gasteiger partial charge in [0.25, 0.3) is 0 Å². The van der Waals surface area contributed by atoms with E-state index < -0.39 is 0 Å². The van der Waals surface area contributed by atoms with Crippen molar-refractivity contribution in [1.29, 1.82) is 0 Å². The Balaban J connectivity index is 2.26. The Bertz CT molecular complexity index is 768. The van der Waals surface area contributed by atoms with E-state index in [1.54, 1.807) is 4.90 Å². The van der Waals surface area contributed by atoms with Crippen molar-refractivity contribution in [2.24, 2.45) is 0 Å². The van der Waals surface area contributed by atoms with Crippen LogP contribution in [-0.2, 0) is 22.4 Å². The fourth-order valence-corrected chi connectivity index (χ4v) is 3.02. The van der Waals surface area contributed by atoms with Gasteiger partial charge in [-0.1, -0.05) is 50.2 Å². The van der Waals surface area contributed by atoms with Crippen LogP contribution in [0.5, 0.6) is 0 Å². The Morgan fingerprint density at radius 3 is 2.24 bits per heavy atom. The van der Waals surface area contributed by atoms with E-state index in [4.69, 9.17) is 0 Å². The van der Waals surface area contributed by atoms with Gasteiger partial charge in [-0.3, -0.25) is 9.59 Å². The highest BCUT2D eigenvalue weighted by Gasteiger charge is 2.20. The second-order valence-corrected chi connectivity index (χ2v) is 6.10. The smallest absolute Gasteiger partial charge is 0.244 e. The monoisotopic (exact) mass is 338 g/mol. The number of amides is 2. The van der Waals surface area contributed by atoms with E-state index >= 15 is 0 Å². The number of rotatable bonds is 6. The van der Waals surface area contributed by atoms with Gasteiger partial charge in [-0.15, -0.1) is 0 Å². The lowest BCUT2D eigenvalue weighted by molar-refractivity contribution is -0.120. The van der Waals surface area contributed by atoms with Gasteiger partial charge < -0.3 is 10.2 Å². The molecule has 0 atom stereocenters. The number of hydrogen-bond acceptors (Lipinski definition) is 2. The molecule has 132 valence electrons. The van der Waals surface area contributed by atoms with Gasteiger partial charge >= 0.3 is 0 Å². The van der Waals surface area contributed by atoms with E-state index in [2.05, 4.69) is 5.32 Å². The lowest BCUT2D eigenvalue weighted by atomic mass is 10.0. The molecule has 0 radical (unpaired) electrons. The maximum atomic E-state index is 12.6. The van der Waals surface area contributed by atoms with Crippen LogP contribution in [0.25, 0.3) is 0 Å².